The number of hydrogen-bond donors (Lipinski definition) is 1. The average molecular weight is 402 g/mol. The maximum absolute atomic E-state index is 13.4. The standard InChI is InChI=1S/C24H35NO2S/c1-15(2)19-9-11-21(12-10-19)25-28(26,27)24-22(17(5)6)13-20(16(3)4)14-23(24)18(7)8/h9-18,25H,1-8H3. The average Bonchev–Trinajstić information content (AvgIpc) is 2.60. The van der Waals surface area contributed by atoms with E-state index in [1.54, 1.807) is 0 Å². The van der Waals surface area contributed by atoms with Crippen molar-refractivity contribution in [3.63, 3.8) is 0 Å². The highest BCUT2D eigenvalue weighted by Crippen LogP contribution is 2.36. The van der Waals surface area contributed by atoms with Gasteiger partial charge in [-0.05, 0) is 58.1 Å². The second-order valence-corrected chi connectivity index (χ2v) is 10.5. The van der Waals surface area contributed by atoms with Crippen molar-refractivity contribution in [2.24, 2.45) is 0 Å². The number of rotatable bonds is 7. The van der Waals surface area contributed by atoms with Crippen LogP contribution in [0, 0.1) is 0 Å². The van der Waals surface area contributed by atoms with Crippen LogP contribution in [0.4, 0.5) is 5.69 Å². The molecule has 28 heavy (non-hydrogen) atoms. The molecule has 2 aromatic carbocycles. The van der Waals surface area contributed by atoms with Gasteiger partial charge in [0, 0.05) is 5.69 Å². The summed E-state index contributed by atoms with van der Waals surface area (Å²) >= 11 is 0. The molecule has 0 bridgehead atoms. The summed E-state index contributed by atoms with van der Waals surface area (Å²) in [6, 6.07) is 11.8. The Morgan fingerprint density at radius 3 is 1.43 bits per heavy atom. The molecular weight excluding hydrogens is 366 g/mol. The fourth-order valence-electron chi connectivity index (χ4n) is 3.34. The SMILES string of the molecule is CC(C)c1ccc(NS(=O)(=O)c2c(C(C)C)cc(C(C)C)cc2C(C)C)cc1. The zero-order valence-corrected chi connectivity index (χ0v) is 19.3. The summed E-state index contributed by atoms with van der Waals surface area (Å²) in [5.41, 5.74) is 4.76. The molecule has 0 saturated carbocycles. The predicted molar refractivity (Wildman–Crippen MR) is 120 cm³/mol. The third kappa shape index (κ3) is 4.96. The Bertz CT molecular complexity index is 879. The Hall–Kier alpha value is -1.81. The van der Waals surface area contributed by atoms with Crippen molar-refractivity contribution in [3.05, 3.63) is 58.7 Å². The van der Waals surface area contributed by atoms with E-state index >= 15 is 0 Å². The van der Waals surface area contributed by atoms with Gasteiger partial charge >= 0.3 is 0 Å². The van der Waals surface area contributed by atoms with Crippen LogP contribution in [-0.4, -0.2) is 8.42 Å². The van der Waals surface area contributed by atoms with E-state index in [1.165, 1.54) is 11.1 Å². The van der Waals surface area contributed by atoms with Crippen molar-refractivity contribution in [3.8, 4) is 0 Å². The van der Waals surface area contributed by atoms with Gasteiger partial charge in [-0.1, -0.05) is 79.7 Å². The maximum atomic E-state index is 13.4. The minimum absolute atomic E-state index is 0.117. The van der Waals surface area contributed by atoms with Crippen LogP contribution in [0.3, 0.4) is 0 Å². The third-order valence-corrected chi connectivity index (χ3v) is 6.69. The van der Waals surface area contributed by atoms with Crippen LogP contribution in [0.2, 0.25) is 0 Å². The Balaban J connectivity index is 2.59. The van der Waals surface area contributed by atoms with E-state index in [4.69, 9.17) is 0 Å². The highest BCUT2D eigenvalue weighted by molar-refractivity contribution is 7.92. The zero-order valence-electron chi connectivity index (χ0n) is 18.5. The quantitative estimate of drug-likeness (QED) is 0.544. The Morgan fingerprint density at radius 2 is 1.07 bits per heavy atom. The van der Waals surface area contributed by atoms with Crippen LogP contribution in [0.1, 0.15) is 101 Å². The normalized spacial score (nSPS) is 12.4. The molecule has 0 saturated heterocycles. The first-order valence-electron chi connectivity index (χ1n) is 10.2. The van der Waals surface area contributed by atoms with Gasteiger partial charge in [-0.2, -0.15) is 0 Å². The Kier molecular flexibility index (Phi) is 6.97. The fourth-order valence-corrected chi connectivity index (χ4v) is 5.10. The molecule has 0 fully saturated rings. The van der Waals surface area contributed by atoms with Crippen molar-refractivity contribution < 1.29 is 8.42 Å². The molecule has 154 valence electrons. The first-order valence-corrected chi connectivity index (χ1v) is 11.7. The molecule has 0 aliphatic rings. The molecule has 0 heterocycles. The van der Waals surface area contributed by atoms with Crippen molar-refractivity contribution in [2.75, 3.05) is 4.72 Å². The van der Waals surface area contributed by atoms with E-state index in [0.717, 1.165) is 11.1 Å². The summed E-state index contributed by atoms with van der Waals surface area (Å²) < 4.78 is 29.7. The monoisotopic (exact) mass is 401 g/mol. The largest absolute Gasteiger partial charge is 0.280 e. The summed E-state index contributed by atoms with van der Waals surface area (Å²) in [6.45, 7) is 16.8. The summed E-state index contributed by atoms with van der Waals surface area (Å²) in [6.07, 6.45) is 0. The molecule has 0 aliphatic carbocycles. The molecule has 0 aliphatic heterocycles. The van der Waals surface area contributed by atoms with E-state index in [1.807, 2.05) is 24.3 Å². The molecular formula is C24H35NO2S. The van der Waals surface area contributed by atoms with Gasteiger partial charge in [0.2, 0.25) is 0 Å². The minimum atomic E-state index is -3.69. The lowest BCUT2D eigenvalue weighted by Crippen LogP contribution is -2.19. The Morgan fingerprint density at radius 1 is 0.643 bits per heavy atom. The summed E-state index contributed by atoms with van der Waals surface area (Å²) in [5.74, 6) is 0.995. The zero-order chi connectivity index (χ0) is 21.2. The molecule has 2 rings (SSSR count). The van der Waals surface area contributed by atoms with Crippen molar-refractivity contribution in [1.29, 1.82) is 0 Å². The lowest BCUT2D eigenvalue weighted by Gasteiger charge is -2.23. The Labute approximate surface area is 171 Å². The van der Waals surface area contributed by atoms with Crippen LogP contribution in [0.25, 0.3) is 0 Å². The minimum Gasteiger partial charge on any atom is -0.280 e. The van der Waals surface area contributed by atoms with Gasteiger partial charge in [-0.3, -0.25) is 4.72 Å². The van der Waals surface area contributed by atoms with Crippen LogP contribution in [0.5, 0.6) is 0 Å². The lowest BCUT2D eigenvalue weighted by atomic mass is 9.89. The molecule has 2 aromatic rings. The van der Waals surface area contributed by atoms with Crippen LogP contribution in [-0.2, 0) is 10.0 Å². The highest BCUT2D eigenvalue weighted by Gasteiger charge is 2.27. The molecule has 1 N–H and O–H groups in total. The van der Waals surface area contributed by atoms with Gasteiger partial charge in [0.1, 0.15) is 0 Å². The van der Waals surface area contributed by atoms with E-state index in [2.05, 4.69) is 72.2 Å². The van der Waals surface area contributed by atoms with Gasteiger partial charge < -0.3 is 0 Å². The molecule has 0 unspecified atom stereocenters. The van der Waals surface area contributed by atoms with Gasteiger partial charge in [0.25, 0.3) is 10.0 Å². The molecule has 3 nitrogen and oxygen atoms in total. The molecule has 0 spiro atoms. The first-order chi connectivity index (χ1) is 12.9. The summed E-state index contributed by atoms with van der Waals surface area (Å²) in [5, 5.41) is 0. The first kappa shape index (κ1) is 22.5. The number of nitrogens with one attached hydrogen (secondary N) is 1. The van der Waals surface area contributed by atoms with Crippen molar-refractivity contribution in [2.45, 2.75) is 84.0 Å². The lowest BCUT2D eigenvalue weighted by molar-refractivity contribution is 0.595. The number of sulfonamides is 1. The van der Waals surface area contributed by atoms with Gasteiger partial charge in [0.15, 0.2) is 0 Å². The molecule has 0 amide bonds. The smallest absolute Gasteiger partial charge is 0.262 e. The van der Waals surface area contributed by atoms with E-state index in [-0.39, 0.29) is 11.8 Å². The molecule has 4 heteroatoms. The van der Waals surface area contributed by atoms with Crippen molar-refractivity contribution >= 4 is 15.7 Å². The topological polar surface area (TPSA) is 46.2 Å². The molecule has 0 aromatic heterocycles. The number of benzene rings is 2. The maximum Gasteiger partial charge on any atom is 0.262 e. The molecule has 0 radical (unpaired) electrons. The summed E-state index contributed by atoms with van der Waals surface area (Å²) in [7, 11) is -3.69. The van der Waals surface area contributed by atoms with Gasteiger partial charge in [-0.25, -0.2) is 8.42 Å². The van der Waals surface area contributed by atoms with Crippen LogP contribution in [0.15, 0.2) is 41.3 Å². The third-order valence-electron chi connectivity index (χ3n) is 5.18. The number of anilines is 1. The van der Waals surface area contributed by atoms with Gasteiger partial charge in [0.05, 0.1) is 4.90 Å². The van der Waals surface area contributed by atoms with E-state index < -0.39 is 10.0 Å². The van der Waals surface area contributed by atoms with E-state index in [9.17, 15) is 8.42 Å². The summed E-state index contributed by atoms with van der Waals surface area (Å²) in [4.78, 5) is 0.440. The van der Waals surface area contributed by atoms with Crippen LogP contribution < -0.4 is 4.72 Å². The predicted octanol–water partition coefficient (Wildman–Crippen LogP) is 6.98. The van der Waals surface area contributed by atoms with Gasteiger partial charge in [-0.15, -0.1) is 0 Å². The second-order valence-electron chi connectivity index (χ2n) is 8.87. The number of hydrogen-bond acceptors (Lipinski definition) is 2. The fraction of sp³-hybridized carbons (Fsp3) is 0.500. The molecule has 0 atom stereocenters. The van der Waals surface area contributed by atoms with Crippen molar-refractivity contribution in [1.82, 2.24) is 0 Å². The van der Waals surface area contributed by atoms with Crippen LogP contribution >= 0.6 is 0 Å². The van der Waals surface area contributed by atoms with E-state index in [0.29, 0.717) is 22.4 Å². The highest BCUT2D eigenvalue weighted by atomic mass is 32.2. The second kappa shape index (κ2) is 8.69.